The summed E-state index contributed by atoms with van der Waals surface area (Å²) in [5.74, 6) is -0.256. The minimum Gasteiger partial charge on any atom is -0.344 e. The lowest BCUT2D eigenvalue weighted by atomic mass is 10.2. The zero-order valence-electron chi connectivity index (χ0n) is 12.5. The molecule has 0 unspecified atom stereocenters. The van der Waals surface area contributed by atoms with Gasteiger partial charge in [-0.15, -0.1) is 10.2 Å². The van der Waals surface area contributed by atoms with Gasteiger partial charge in [0, 0.05) is 32.6 Å². The number of anilines is 1. The molecule has 1 fully saturated rings. The molecule has 124 valence electrons. The molecule has 0 spiro atoms. The molecular weight excluding hydrogens is 325 g/mol. The van der Waals surface area contributed by atoms with Gasteiger partial charge in [0.1, 0.15) is 10.8 Å². The van der Waals surface area contributed by atoms with E-state index >= 15 is 0 Å². The Labute approximate surface area is 136 Å². The van der Waals surface area contributed by atoms with Crippen molar-refractivity contribution in [1.82, 2.24) is 15.1 Å². The first-order valence-corrected chi connectivity index (χ1v) is 8.24. The number of halogens is 3. The zero-order chi connectivity index (χ0) is 16.2. The van der Waals surface area contributed by atoms with Crippen molar-refractivity contribution in [1.29, 1.82) is 0 Å². The van der Waals surface area contributed by atoms with Gasteiger partial charge in [0.2, 0.25) is 5.13 Å². The van der Waals surface area contributed by atoms with Crippen LogP contribution in [0.4, 0.5) is 18.3 Å². The highest BCUT2D eigenvalue weighted by Gasteiger charge is 2.22. The zero-order valence-corrected chi connectivity index (χ0v) is 13.3. The highest BCUT2D eigenvalue weighted by molar-refractivity contribution is 7.15. The third-order valence-electron chi connectivity index (χ3n) is 3.76. The second-order valence-electron chi connectivity index (χ2n) is 5.46. The van der Waals surface area contributed by atoms with Crippen LogP contribution >= 0.6 is 11.3 Å². The first-order valence-electron chi connectivity index (χ1n) is 7.42. The number of rotatable bonds is 5. The van der Waals surface area contributed by atoms with Crippen LogP contribution in [-0.2, 0) is 6.42 Å². The molecule has 0 atom stereocenters. The second kappa shape index (κ2) is 7.27. The first-order chi connectivity index (χ1) is 11.1. The largest absolute Gasteiger partial charge is 0.344 e. The van der Waals surface area contributed by atoms with Gasteiger partial charge in [0.15, 0.2) is 0 Å². The fourth-order valence-corrected chi connectivity index (χ4v) is 3.46. The van der Waals surface area contributed by atoms with Crippen molar-refractivity contribution in [3.05, 3.63) is 40.7 Å². The third kappa shape index (κ3) is 4.42. The number of hydrogen-bond donors (Lipinski definition) is 0. The topological polar surface area (TPSA) is 32.3 Å². The van der Waals surface area contributed by atoms with Gasteiger partial charge in [0.25, 0.3) is 6.43 Å². The van der Waals surface area contributed by atoms with Gasteiger partial charge < -0.3 is 4.90 Å². The maximum atomic E-state index is 12.9. The normalized spacial score (nSPS) is 16.3. The summed E-state index contributed by atoms with van der Waals surface area (Å²) in [4.78, 5) is 3.84. The molecule has 1 aliphatic rings. The van der Waals surface area contributed by atoms with Crippen LogP contribution in [0.2, 0.25) is 0 Å². The van der Waals surface area contributed by atoms with Crippen molar-refractivity contribution in [3.63, 3.8) is 0 Å². The van der Waals surface area contributed by atoms with Crippen molar-refractivity contribution < 1.29 is 13.2 Å². The second-order valence-corrected chi connectivity index (χ2v) is 6.50. The van der Waals surface area contributed by atoms with Gasteiger partial charge in [-0.25, -0.2) is 13.2 Å². The van der Waals surface area contributed by atoms with Gasteiger partial charge in [-0.2, -0.15) is 0 Å². The van der Waals surface area contributed by atoms with Crippen LogP contribution in [0.3, 0.4) is 0 Å². The SMILES string of the molecule is Fc1ccc(Cc2nnc(N3CCN(CC(F)F)CC3)s2)cc1. The maximum Gasteiger partial charge on any atom is 0.251 e. The smallest absolute Gasteiger partial charge is 0.251 e. The Morgan fingerprint density at radius 3 is 2.39 bits per heavy atom. The lowest BCUT2D eigenvalue weighted by molar-refractivity contribution is 0.0854. The van der Waals surface area contributed by atoms with Crippen LogP contribution < -0.4 is 4.90 Å². The molecule has 4 nitrogen and oxygen atoms in total. The van der Waals surface area contributed by atoms with Crippen LogP contribution in [0.1, 0.15) is 10.6 Å². The number of aromatic nitrogens is 2. The molecule has 1 saturated heterocycles. The Morgan fingerprint density at radius 2 is 1.74 bits per heavy atom. The molecule has 1 aromatic heterocycles. The van der Waals surface area contributed by atoms with Crippen molar-refractivity contribution in [2.45, 2.75) is 12.8 Å². The molecule has 23 heavy (non-hydrogen) atoms. The number of piperazine rings is 1. The van der Waals surface area contributed by atoms with E-state index < -0.39 is 6.43 Å². The minimum atomic E-state index is -2.29. The average molecular weight is 342 g/mol. The summed E-state index contributed by atoms with van der Waals surface area (Å²) in [6, 6.07) is 6.33. The molecule has 8 heteroatoms. The van der Waals surface area contributed by atoms with E-state index in [1.165, 1.54) is 23.5 Å². The van der Waals surface area contributed by atoms with Crippen molar-refractivity contribution in [2.24, 2.45) is 0 Å². The van der Waals surface area contributed by atoms with Crippen LogP contribution in [0.15, 0.2) is 24.3 Å². The van der Waals surface area contributed by atoms with E-state index in [0.29, 0.717) is 32.6 Å². The summed E-state index contributed by atoms with van der Waals surface area (Å²) < 4.78 is 37.7. The van der Waals surface area contributed by atoms with E-state index in [2.05, 4.69) is 15.1 Å². The van der Waals surface area contributed by atoms with Gasteiger partial charge in [0.05, 0.1) is 6.54 Å². The van der Waals surface area contributed by atoms with E-state index in [1.807, 2.05) is 0 Å². The van der Waals surface area contributed by atoms with Gasteiger partial charge in [-0.1, -0.05) is 23.5 Å². The number of nitrogens with zero attached hydrogens (tertiary/aromatic N) is 4. The molecule has 2 aromatic rings. The van der Waals surface area contributed by atoms with E-state index in [9.17, 15) is 13.2 Å². The Morgan fingerprint density at radius 1 is 1.04 bits per heavy atom. The monoisotopic (exact) mass is 342 g/mol. The molecule has 2 heterocycles. The molecule has 3 rings (SSSR count). The average Bonchev–Trinajstić information content (AvgIpc) is 2.98. The third-order valence-corrected chi connectivity index (χ3v) is 4.75. The van der Waals surface area contributed by atoms with Crippen LogP contribution in [0.25, 0.3) is 0 Å². The quantitative estimate of drug-likeness (QED) is 0.836. The van der Waals surface area contributed by atoms with E-state index in [-0.39, 0.29) is 12.4 Å². The Balaban J connectivity index is 1.56. The van der Waals surface area contributed by atoms with E-state index in [1.54, 1.807) is 17.0 Å². The lowest BCUT2D eigenvalue weighted by Crippen LogP contribution is -2.47. The lowest BCUT2D eigenvalue weighted by Gasteiger charge is -2.33. The summed E-state index contributed by atoms with van der Waals surface area (Å²) in [5, 5.41) is 10.1. The first kappa shape index (κ1) is 16.2. The molecule has 1 aromatic carbocycles. The fraction of sp³-hybridized carbons (Fsp3) is 0.467. The molecule has 0 saturated carbocycles. The van der Waals surface area contributed by atoms with Gasteiger partial charge in [-0.05, 0) is 17.7 Å². The molecule has 0 radical (unpaired) electrons. The summed E-state index contributed by atoms with van der Waals surface area (Å²) in [6.45, 7) is 2.41. The van der Waals surface area contributed by atoms with E-state index in [4.69, 9.17) is 0 Å². The number of hydrogen-bond acceptors (Lipinski definition) is 5. The highest BCUT2D eigenvalue weighted by Crippen LogP contribution is 2.23. The summed E-state index contributed by atoms with van der Waals surface area (Å²) in [6.07, 6.45) is -1.67. The summed E-state index contributed by atoms with van der Waals surface area (Å²) >= 11 is 1.50. The molecule has 1 aliphatic heterocycles. The Kier molecular flexibility index (Phi) is 5.12. The number of alkyl halides is 2. The van der Waals surface area contributed by atoms with Crippen molar-refractivity contribution in [3.8, 4) is 0 Å². The van der Waals surface area contributed by atoms with Crippen LogP contribution in [0, 0.1) is 5.82 Å². The molecule has 0 aliphatic carbocycles. The van der Waals surface area contributed by atoms with Crippen LogP contribution in [0.5, 0.6) is 0 Å². The van der Waals surface area contributed by atoms with Gasteiger partial charge in [-0.3, -0.25) is 4.90 Å². The minimum absolute atomic E-state index is 0.167. The predicted octanol–water partition coefficient (Wildman–Crippen LogP) is 2.66. The Bertz CT molecular complexity index is 624. The molecule has 0 amide bonds. The van der Waals surface area contributed by atoms with Crippen molar-refractivity contribution in [2.75, 3.05) is 37.6 Å². The Hall–Kier alpha value is -1.67. The number of benzene rings is 1. The molecule has 0 bridgehead atoms. The fourth-order valence-electron chi connectivity index (χ4n) is 2.54. The maximum absolute atomic E-state index is 12.9. The molecule has 0 N–H and O–H groups in total. The van der Waals surface area contributed by atoms with Crippen molar-refractivity contribution >= 4 is 16.5 Å². The van der Waals surface area contributed by atoms with E-state index in [0.717, 1.165) is 15.7 Å². The standard InChI is InChI=1S/C15H17F3N4S/c16-12-3-1-11(2-4-12)9-14-19-20-15(23-14)22-7-5-21(6-8-22)10-13(17)18/h1-4,13H,5-10H2. The van der Waals surface area contributed by atoms with Crippen LogP contribution in [-0.4, -0.2) is 54.2 Å². The predicted molar refractivity (Wildman–Crippen MR) is 83.8 cm³/mol. The highest BCUT2D eigenvalue weighted by atomic mass is 32.1. The van der Waals surface area contributed by atoms with Gasteiger partial charge >= 0.3 is 0 Å². The summed E-state index contributed by atoms with van der Waals surface area (Å²) in [7, 11) is 0. The molecular formula is C15H17F3N4S. The summed E-state index contributed by atoms with van der Waals surface area (Å²) in [5.41, 5.74) is 0.982.